The van der Waals surface area contributed by atoms with Crippen LogP contribution in [0.5, 0.6) is 0 Å². The van der Waals surface area contributed by atoms with Gasteiger partial charge in [-0.25, -0.2) is 4.68 Å². The van der Waals surface area contributed by atoms with Gasteiger partial charge in [-0.15, -0.1) is 10.2 Å². The smallest absolute Gasteiger partial charge is 0.283 e. The van der Waals surface area contributed by atoms with Crippen LogP contribution in [0.15, 0.2) is 15.5 Å². The van der Waals surface area contributed by atoms with Crippen molar-refractivity contribution >= 4 is 21.6 Å². The third-order valence-electron chi connectivity index (χ3n) is 2.35. The first-order chi connectivity index (χ1) is 9.08. The van der Waals surface area contributed by atoms with Gasteiger partial charge in [-0.05, 0) is 21.8 Å². The molecule has 0 aliphatic heterocycles. The zero-order chi connectivity index (χ0) is 13.8. The molecule has 0 aromatic carbocycles. The highest BCUT2D eigenvalue weighted by Crippen LogP contribution is 2.16. The molecule has 19 heavy (non-hydrogen) atoms. The molecule has 8 nitrogen and oxygen atoms in total. The highest BCUT2D eigenvalue weighted by atomic mass is 79.9. The lowest BCUT2D eigenvalue weighted by Crippen LogP contribution is -2.26. The molecule has 0 saturated heterocycles. The van der Waals surface area contributed by atoms with Crippen LogP contribution in [-0.2, 0) is 13.1 Å². The Hall–Kier alpha value is -1.77. The summed E-state index contributed by atoms with van der Waals surface area (Å²) in [5.41, 5.74) is 0.446. The lowest BCUT2D eigenvalue weighted by atomic mass is 10.2. The molecule has 102 valence electrons. The number of aromatic nitrogens is 6. The first-order valence-corrected chi connectivity index (χ1v) is 6.59. The van der Waals surface area contributed by atoms with E-state index in [9.17, 15) is 4.79 Å². The van der Waals surface area contributed by atoms with Crippen molar-refractivity contribution in [3.8, 4) is 0 Å². The molecule has 2 aromatic rings. The fourth-order valence-corrected chi connectivity index (χ4v) is 1.94. The standard InChI is InChI=1S/C10H14BrN7O/c1-6(2)5-18-10(19)9(11)7(3-13-18)12-4-8-14-16-17-15-8/h3,6,12H,4-5H2,1-2H3,(H,14,15,16,17). The third kappa shape index (κ3) is 3.37. The molecule has 0 atom stereocenters. The van der Waals surface area contributed by atoms with Crippen LogP contribution >= 0.6 is 15.9 Å². The van der Waals surface area contributed by atoms with Crippen LogP contribution in [0, 0.1) is 5.92 Å². The minimum absolute atomic E-state index is 0.160. The molecular weight excluding hydrogens is 314 g/mol. The first kappa shape index (κ1) is 13.7. The minimum Gasteiger partial charge on any atom is -0.375 e. The van der Waals surface area contributed by atoms with Crippen LogP contribution in [0.3, 0.4) is 0 Å². The summed E-state index contributed by atoms with van der Waals surface area (Å²) in [6.45, 7) is 5.02. The average molecular weight is 328 g/mol. The molecule has 0 bridgehead atoms. The maximum absolute atomic E-state index is 12.1. The Morgan fingerprint density at radius 3 is 2.95 bits per heavy atom. The van der Waals surface area contributed by atoms with Gasteiger partial charge in [0.05, 0.1) is 18.4 Å². The van der Waals surface area contributed by atoms with Gasteiger partial charge in [0.25, 0.3) is 5.56 Å². The van der Waals surface area contributed by atoms with Gasteiger partial charge in [-0.3, -0.25) is 4.79 Å². The van der Waals surface area contributed by atoms with Gasteiger partial charge >= 0.3 is 0 Å². The number of halogens is 1. The summed E-state index contributed by atoms with van der Waals surface area (Å²) in [5.74, 6) is 0.869. The van der Waals surface area contributed by atoms with E-state index in [2.05, 4.69) is 47.0 Å². The molecule has 0 saturated carbocycles. The number of anilines is 1. The van der Waals surface area contributed by atoms with Crippen LogP contribution in [-0.4, -0.2) is 30.4 Å². The van der Waals surface area contributed by atoms with E-state index in [0.717, 1.165) is 0 Å². The molecule has 0 spiro atoms. The van der Waals surface area contributed by atoms with Crippen LogP contribution < -0.4 is 10.9 Å². The Balaban J connectivity index is 2.14. The molecule has 2 aromatic heterocycles. The minimum atomic E-state index is -0.160. The number of aromatic amines is 1. The molecular formula is C10H14BrN7O. The van der Waals surface area contributed by atoms with Crippen LogP contribution in [0.25, 0.3) is 0 Å². The predicted octanol–water partition coefficient (Wildman–Crippen LogP) is 0.787. The summed E-state index contributed by atoms with van der Waals surface area (Å²) < 4.78 is 1.89. The van der Waals surface area contributed by atoms with E-state index in [1.807, 2.05) is 13.8 Å². The van der Waals surface area contributed by atoms with Crippen molar-refractivity contribution < 1.29 is 0 Å². The lowest BCUT2D eigenvalue weighted by molar-refractivity contribution is 0.462. The topological polar surface area (TPSA) is 101 Å². The Morgan fingerprint density at radius 1 is 1.53 bits per heavy atom. The van der Waals surface area contributed by atoms with Gasteiger partial charge in [-0.2, -0.15) is 10.3 Å². The Morgan fingerprint density at radius 2 is 2.32 bits per heavy atom. The number of H-pyrrole nitrogens is 1. The summed E-state index contributed by atoms with van der Waals surface area (Å²) in [7, 11) is 0. The second-order valence-electron chi connectivity index (χ2n) is 4.43. The second-order valence-corrected chi connectivity index (χ2v) is 5.23. The Labute approximate surface area is 117 Å². The van der Waals surface area contributed by atoms with Crippen molar-refractivity contribution in [1.82, 2.24) is 30.4 Å². The van der Waals surface area contributed by atoms with Crippen LogP contribution in [0.4, 0.5) is 5.69 Å². The Bertz CT molecular complexity index is 592. The van der Waals surface area contributed by atoms with Gasteiger partial charge in [0, 0.05) is 6.54 Å². The molecule has 0 unspecified atom stereocenters. The van der Waals surface area contributed by atoms with E-state index in [0.29, 0.717) is 35.0 Å². The average Bonchev–Trinajstić information content (AvgIpc) is 2.87. The summed E-state index contributed by atoms with van der Waals surface area (Å²) in [5, 5.41) is 20.6. The van der Waals surface area contributed by atoms with Gasteiger partial charge < -0.3 is 5.32 Å². The number of nitrogens with one attached hydrogen (secondary N) is 2. The van der Waals surface area contributed by atoms with Gasteiger partial charge in [0.1, 0.15) is 4.47 Å². The van der Waals surface area contributed by atoms with Crippen molar-refractivity contribution in [3.63, 3.8) is 0 Å². The second kappa shape index (κ2) is 5.91. The first-order valence-electron chi connectivity index (χ1n) is 5.79. The number of nitrogens with zero attached hydrogens (tertiary/aromatic N) is 5. The van der Waals surface area contributed by atoms with E-state index in [1.54, 1.807) is 6.20 Å². The van der Waals surface area contributed by atoms with Crippen molar-refractivity contribution in [2.45, 2.75) is 26.9 Å². The van der Waals surface area contributed by atoms with Crippen LogP contribution in [0.1, 0.15) is 19.7 Å². The van der Waals surface area contributed by atoms with Crippen molar-refractivity contribution in [2.75, 3.05) is 5.32 Å². The molecule has 2 heterocycles. The number of hydrogen-bond donors (Lipinski definition) is 2. The zero-order valence-electron chi connectivity index (χ0n) is 10.6. The van der Waals surface area contributed by atoms with E-state index in [-0.39, 0.29) is 5.56 Å². The monoisotopic (exact) mass is 327 g/mol. The lowest BCUT2D eigenvalue weighted by Gasteiger charge is -2.10. The van der Waals surface area contributed by atoms with Crippen LogP contribution in [0.2, 0.25) is 0 Å². The fourth-order valence-electron chi connectivity index (χ4n) is 1.50. The van der Waals surface area contributed by atoms with E-state index in [4.69, 9.17) is 0 Å². The zero-order valence-corrected chi connectivity index (χ0v) is 12.2. The molecule has 0 amide bonds. The third-order valence-corrected chi connectivity index (χ3v) is 3.12. The number of rotatable bonds is 5. The summed E-state index contributed by atoms with van der Waals surface area (Å²) >= 11 is 3.29. The SMILES string of the molecule is CC(C)Cn1ncc(NCc2nn[nH]n2)c(Br)c1=O. The van der Waals surface area contributed by atoms with E-state index in [1.165, 1.54) is 4.68 Å². The summed E-state index contributed by atoms with van der Waals surface area (Å²) in [6, 6.07) is 0. The number of tetrazole rings is 1. The number of hydrogen-bond acceptors (Lipinski definition) is 6. The predicted molar refractivity (Wildman–Crippen MR) is 72.5 cm³/mol. The quantitative estimate of drug-likeness (QED) is 0.841. The van der Waals surface area contributed by atoms with Crippen molar-refractivity contribution in [2.24, 2.45) is 5.92 Å². The van der Waals surface area contributed by atoms with Crippen molar-refractivity contribution in [3.05, 3.63) is 26.8 Å². The maximum Gasteiger partial charge on any atom is 0.283 e. The molecule has 2 rings (SSSR count). The van der Waals surface area contributed by atoms with E-state index >= 15 is 0 Å². The van der Waals surface area contributed by atoms with Gasteiger partial charge in [0.15, 0.2) is 5.82 Å². The highest BCUT2D eigenvalue weighted by molar-refractivity contribution is 9.10. The largest absolute Gasteiger partial charge is 0.375 e. The van der Waals surface area contributed by atoms with Crippen molar-refractivity contribution in [1.29, 1.82) is 0 Å². The molecule has 0 fully saturated rings. The Kier molecular flexibility index (Phi) is 4.25. The molecule has 2 N–H and O–H groups in total. The molecule has 0 aliphatic rings. The van der Waals surface area contributed by atoms with Gasteiger partial charge in [-0.1, -0.05) is 19.1 Å². The molecule has 9 heteroatoms. The summed E-state index contributed by atoms with van der Waals surface area (Å²) in [6.07, 6.45) is 1.61. The molecule has 0 radical (unpaired) electrons. The van der Waals surface area contributed by atoms with E-state index < -0.39 is 0 Å². The summed E-state index contributed by atoms with van der Waals surface area (Å²) in [4.78, 5) is 12.1. The molecule has 0 aliphatic carbocycles. The maximum atomic E-state index is 12.1. The normalized spacial score (nSPS) is 10.9. The highest BCUT2D eigenvalue weighted by Gasteiger charge is 2.10. The van der Waals surface area contributed by atoms with Gasteiger partial charge in [0.2, 0.25) is 0 Å². The fraction of sp³-hybridized carbons (Fsp3) is 0.500.